The highest BCUT2D eigenvalue weighted by atomic mass is 16.5. The Hall–Kier alpha value is -1.16. The molecule has 0 saturated carbocycles. The Bertz CT molecular complexity index is 420. The molecule has 0 aliphatic heterocycles. The molecule has 1 unspecified atom stereocenters. The van der Waals surface area contributed by atoms with Gasteiger partial charge in [-0.05, 0) is 46.0 Å². The summed E-state index contributed by atoms with van der Waals surface area (Å²) in [5.74, 6) is 1.86. The van der Waals surface area contributed by atoms with Crippen LogP contribution in [0.15, 0.2) is 0 Å². The van der Waals surface area contributed by atoms with Gasteiger partial charge in [0.1, 0.15) is 11.9 Å². The van der Waals surface area contributed by atoms with E-state index in [1.165, 1.54) is 24.1 Å². The highest BCUT2D eigenvalue weighted by Gasteiger charge is 2.19. The van der Waals surface area contributed by atoms with Crippen LogP contribution in [0.2, 0.25) is 0 Å². The van der Waals surface area contributed by atoms with Crippen LogP contribution in [0, 0.1) is 0 Å². The fraction of sp³-hybridized carbons (Fsp3) is 0.733. The molecule has 0 spiro atoms. The first-order valence-electron chi connectivity index (χ1n) is 7.51. The zero-order chi connectivity index (χ0) is 13.7. The number of rotatable bonds is 6. The Kier molecular flexibility index (Phi) is 5.14. The molecule has 0 aromatic carbocycles. The minimum Gasteiger partial charge on any atom is -0.371 e. The van der Waals surface area contributed by atoms with Crippen molar-refractivity contribution in [3.8, 4) is 0 Å². The molecule has 4 nitrogen and oxygen atoms in total. The molecule has 1 aromatic rings. The van der Waals surface area contributed by atoms with Gasteiger partial charge in [0.05, 0.1) is 0 Å². The van der Waals surface area contributed by atoms with Gasteiger partial charge in [0.25, 0.3) is 0 Å². The van der Waals surface area contributed by atoms with Gasteiger partial charge in [-0.3, -0.25) is 0 Å². The molecule has 1 aromatic heterocycles. The lowest BCUT2D eigenvalue weighted by atomic mass is 9.96. The van der Waals surface area contributed by atoms with Crippen LogP contribution in [0.5, 0.6) is 0 Å². The first-order chi connectivity index (χ1) is 9.26. The lowest BCUT2D eigenvalue weighted by molar-refractivity contribution is 0.0699. The molecule has 1 aliphatic carbocycles. The van der Waals surface area contributed by atoms with Crippen molar-refractivity contribution in [3.63, 3.8) is 0 Å². The van der Waals surface area contributed by atoms with Crippen LogP contribution in [0.25, 0.3) is 0 Å². The van der Waals surface area contributed by atoms with Crippen LogP contribution in [0.1, 0.15) is 63.2 Å². The van der Waals surface area contributed by atoms with Gasteiger partial charge in [-0.2, -0.15) is 0 Å². The summed E-state index contributed by atoms with van der Waals surface area (Å²) >= 11 is 0. The maximum Gasteiger partial charge on any atom is 0.159 e. The average Bonchev–Trinajstić information content (AvgIpc) is 2.44. The smallest absolute Gasteiger partial charge is 0.159 e. The van der Waals surface area contributed by atoms with E-state index in [0.717, 1.165) is 37.4 Å². The minimum atomic E-state index is -0.0283. The van der Waals surface area contributed by atoms with Crippen LogP contribution >= 0.6 is 0 Å². The third kappa shape index (κ3) is 3.44. The molecular formula is C15H25N3O. The van der Waals surface area contributed by atoms with E-state index in [0.29, 0.717) is 6.61 Å². The predicted octanol–water partition coefficient (Wildman–Crippen LogP) is 3.27. The van der Waals surface area contributed by atoms with Crippen molar-refractivity contribution >= 4 is 5.82 Å². The van der Waals surface area contributed by atoms with Crippen LogP contribution < -0.4 is 5.32 Å². The Morgan fingerprint density at radius 3 is 2.74 bits per heavy atom. The van der Waals surface area contributed by atoms with E-state index in [4.69, 9.17) is 14.7 Å². The van der Waals surface area contributed by atoms with E-state index in [2.05, 4.69) is 12.2 Å². The molecule has 0 fully saturated rings. The van der Waals surface area contributed by atoms with Gasteiger partial charge in [0.2, 0.25) is 0 Å². The summed E-state index contributed by atoms with van der Waals surface area (Å²) in [7, 11) is 0. The summed E-state index contributed by atoms with van der Waals surface area (Å²) in [6, 6.07) is 0. The molecule has 19 heavy (non-hydrogen) atoms. The lowest BCUT2D eigenvalue weighted by Crippen LogP contribution is -2.17. The maximum atomic E-state index is 5.63. The van der Waals surface area contributed by atoms with E-state index >= 15 is 0 Å². The topological polar surface area (TPSA) is 47.0 Å². The monoisotopic (exact) mass is 263 g/mol. The number of hydrogen-bond acceptors (Lipinski definition) is 4. The van der Waals surface area contributed by atoms with Crippen molar-refractivity contribution < 1.29 is 4.74 Å². The summed E-state index contributed by atoms with van der Waals surface area (Å²) in [6.07, 6.45) is 5.74. The molecule has 1 atom stereocenters. The largest absolute Gasteiger partial charge is 0.371 e. The van der Waals surface area contributed by atoms with Gasteiger partial charge in [-0.1, -0.05) is 6.92 Å². The zero-order valence-corrected chi connectivity index (χ0v) is 12.3. The Balaban J connectivity index is 2.30. The lowest BCUT2D eigenvalue weighted by Gasteiger charge is -2.21. The molecule has 0 bridgehead atoms. The van der Waals surface area contributed by atoms with E-state index < -0.39 is 0 Å². The van der Waals surface area contributed by atoms with Crippen molar-refractivity contribution in [1.82, 2.24) is 9.97 Å². The van der Waals surface area contributed by atoms with Gasteiger partial charge in [0, 0.05) is 24.4 Å². The quantitative estimate of drug-likeness (QED) is 0.855. The number of aromatic nitrogens is 2. The number of ether oxygens (including phenoxy) is 1. The van der Waals surface area contributed by atoms with E-state index in [1.807, 2.05) is 13.8 Å². The minimum absolute atomic E-state index is 0.0283. The molecule has 4 heteroatoms. The number of aryl methyl sites for hydroxylation is 1. The summed E-state index contributed by atoms with van der Waals surface area (Å²) in [5, 5.41) is 3.45. The molecule has 1 aliphatic rings. The fourth-order valence-corrected chi connectivity index (χ4v) is 2.51. The summed E-state index contributed by atoms with van der Waals surface area (Å²) < 4.78 is 5.63. The van der Waals surface area contributed by atoms with Crippen molar-refractivity contribution in [2.45, 2.75) is 59.0 Å². The second-order valence-electron chi connectivity index (χ2n) is 5.09. The van der Waals surface area contributed by atoms with E-state index in [-0.39, 0.29) is 6.10 Å². The van der Waals surface area contributed by atoms with Gasteiger partial charge in [-0.15, -0.1) is 0 Å². The standard InChI is InChI=1S/C15H25N3O/c1-4-10-16-15-12-8-6-7-9-13(12)17-14(18-15)11(3)19-5-2/h11H,4-10H2,1-3H3,(H,16,17,18). The molecule has 2 rings (SSSR count). The third-order valence-electron chi connectivity index (χ3n) is 3.52. The molecule has 1 N–H and O–H groups in total. The zero-order valence-electron chi connectivity index (χ0n) is 12.3. The van der Waals surface area contributed by atoms with Crippen molar-refractivity contribution in [1.29, 1.82) is 0 Å². The highest BCUT2D eigenvalue weighted by Crippen LogP contribution is 2.27. The average molecular weight is 263 g/mol. The fourth-order valence-electron chi connectivity index (χ4n) is 2.51. The number of nitrogens with one attached hydrogen (secondary N) is 1. The SMILES string of the molecule is CCCNc1nc(C(C)OCC)nc2c1CCCC2. The van der Waals surface area contributed by atoms with Crippen LogP contribution in [-0.2, 0) is 17.6 Å². The van der Waals surface area contributed by atoms with Crippen LogP contribution in [-0.4, -0.2) is 23.1 Å². The second-order valence-corrected chi connectivity index (χ2v) is 5.09. The third-order valence-corrected chi connectivity index (χ3v) is 3.52. The van der Waals surface area contributed by atoms with Crippen LogP contribution in [0.4, 0.5) is 5.82 Å². The first kappa shape index (κ1) is 14.3. The van der Waals surface area contributed by atoms with Gasteiger partial charge >= 0.3 is 0 Å². The number of nitrogens with zero attached hydrogens (tertiary/aromatic N) is 2. The van der Waals surface area contributed by atoms with Crippen molar-refractivity contribution in [2.75, 3.05) is 18.5 Å². The molecule has 1 heterocycles. The normalized spacial score (nSPS) is 15.9. The second kappa shape index (κ2) is 6.85. The highest BCUT2D eigenvalue weighted by molar-refractivity contribution is 5.48. The number of anilines is 1. The first-order valence-corrected chi connectivity index (χ1v) is 7.51. The Morgan fingerprint density at radius 2 is 2.00 bits per heavy atom. The number of hydrogen-bond donors (Lipinski definition) is 1. The van der Waals surface area contributed by atoms with Gasteiger partial charge in [-0.25, -0.2) is 9.97 Å². The summed E-state index contributed by atoms with van der Waals surface area (Å²) in [6.45, 7) is 7.86. The van der Waals surface area contributed by atoms with Crippen molar-refractivity contribution in [3.05, 3.63) is 17.1 Å². The Labute approximate surface area is 116 Å². The van der Waals surface area contributed by atoms with Gasteiger partial charge < -0.3 is 10.1 Å². The van der Waals surface area contributed by atoms with Crippen LogP contribution in [0.3, 0.4) is 0 Å². The summed E-state index contributed by atoms with van der Waals surface area (Å²) in [5.41, 5.74) is 2.55. The predicted molar refractivity (Wildman–Crippen MR) is 77.5 cm³/mol. The number of fused-ring (bicyclic) bond motifs is 1. The molecule has 0 saturated heterocycles. The molecule has 106 valence electrons. The molecular weight excluding hydrogens is 238 g/mol. The maximum absolute atomic E-state index is 5.63. The summed E-state index contributed by atoms with van der Waals surface area (Å²) in [4.78, 5) is 9.42. The van der Waals surface area contributed by atoms with E-state index in [9.17, 15) is 0 Å². The van der Waals surface area contributed by atoms with Crippen molar-refractivity contribution in [2.24, 2.45) is 0 Å². The Morgan fingerprint density at radius 1 is 1.21 bits per heavy atom. The molecule has 0 amide bonds. The molecule has 0 radical (unpaired) electrons. The van der Waals surface area contributed by atoms with E-state index in [1.54, 1.807) is 0 Å². The van der Waals surface area contributed by atoms with Gasteiger partial charge in [0.15, 0.2) is 5.82 Å².